The first-order valence-electron chi connectivity index (χ1n) is 11.5. The Hall–Kier alpha value is -3.81. The van der Waals surface area contributed by atoms with E-state index in [1.54, 1.807) is 6.92 Å². The highest BCUT2D eigenvalue weighted by Crippen LogP contribution is 2.27. The van der Waals surface area contributed by atoms with Gasteiger partial charge in [-0.3, -0.25) is 4.57 Å². The van der Waals surface area contributed by atoms with E-state index < -0.39 is 55.6 Å². The SMILES string of the molecule is C#C[C@@H](O)[C@@H](O[C@@H](CO)COC(Cc1cc(C)on1)(C(=O)O)C(=O)O)n1cnc2c(NC(C)C)nc(Cl)nc21. The summed E-state index contributed by atoms with van der Waals surface area (Å²) in [5.74, 6) is -0.872. The molecule has 0 spiro atoms. The smallest absolute Gasteiger partial charge is 0.348 e. The Balaban J connectivity index is 1.91. The maximum absolute atomic E-state index is 12.0. The average molecular weight is 567 g/mol. The summed E-state index contributed by atoms with van der Waals surface area (Å²) in [4.78, 5) is 36.6. The molecule has 0 aliphatic rings. The number of aliphatic hydroxyl groups is 2. The number of hydrogen-bond donors (Lipinski definition) is 5. The molecule has 15 nitrogen and oxygen atoms in total. The molecule has 3 rings (SSSR count). The lowest BCUT2D eigenvalue weighted by atomic mass is 9.97. The molecule has 3 aromatic heterocycles. The Bertz CT molecular complexity index is 1350. The second-order valence-corrected chi connectivity index (χ2v) is 9.10. The van der Waals surface area contributed by atoms with Crippen LogP contribution in [0.2, 0.25) is 5.28 Å². The summed E-state index contributed by atoms with van der Waals surface area (Å²) < 4.78 is 17.3. The maximum Gasteiger partial charge on any atom is 0.348 e. The molecule has 0 amide bonds. The van der Waals surface area contributed by atoms with Crippen molar-refractivity contribution in [1.82, 2.24) is 24.7 Å². The molecule has 0 unspecified atom stereocenters. The number of fused-ring (bicyclic) bond motifs is 1. The Labute approximate surface area is 226 Å². The lowest BCUT2D eigenvalue weighted by Crippen LogP contribution is -2.52. The normalized spacial score (nSPS) is 14.2. The molecule has 5 N–H and O–H groups in total. The summed E-state index contributed by atoms with van der Waals surface area (Å²) in [7, 11) is 0. The van der Waals surface area contributed by atoms with Crippen LogP contribution >= 0.6 is 11.6 Å². The fraction of sp³-hybridized carbons (Fsp3) is 0.478. The molecule has 0 radical (unpaired) electrons. The molecule has 0 saturated carbocycles. The van der Waals surface area contributed by atoms with E-state index in [0.29, 0.717) is 11.6 Å². The van der Waals surface area contributed by atoms with Gasteiger partial charge < -0.3 is 39.7 Å². The van der Waals surface area contributed by atoms with Gasteiger partial charge in [0.2, 0.25) is 5.28 Å². The van der Waals surface area contributed by atoms with E-state index >= 15 is 0 Å². The zero-order valence-electron chi connectivity index (χ0n) is 21.1. The number of aliphatic hydroxyl groups excluding tert-OH is 2. The van der Waals surface area contributed by atoms with Gasteiger partial charge in [-0.25, -0.2) is 14.6 Å². The van der Waals surface area contributed by atoms with E-state index in [4.69, 9.17) is 32.0 Å². The standard InChI is InChI=1S/C23H27ClN6O9/c1-5-15(32)19(30-10-25-16-17(26-11(2)3)27-22(24)28-18(16)30)38-14(8-31)9-37-23(20(33)34,21(35)36)7-13-6-12(4)39-29-13/h1,6,10-11,14-15,19,31-32H,7-9H2,2-4H3,(H,33,34)(H,35,36)(H,26,27,28)/t14-,15+,19+/m0/s1. The molecule has 0 aliphatic heterocycles. The number of anilines is 1. The highest BCUT2D eigenvalue weighted by Gasteiger charge is 2.49. The predicted molar refractivity (Wildman–Crippen MR) is 134 cm³/mol. The summed E-state index contributed by atoms with van der Waals surface area (Å²) in [6.45, 7) is 3.79. The zero-order chi connectivity index (χ0) is 28.9. The van der Waals surface area contributed by atoms with Crippen LogP contribution in [0.5, 0.6) is 0 Å². The summed E-state index contributed by atoms with van der Waals surface area (Å²) >= 11 is 6.08. The molecule has 210 valence electrons. The Morgan fingerprint density at radius 1 is 1.31 bits per heavy atom. The number of nitrogens with one attached hydrogen (secondary N) is 1. The van der Waals surface area contributed by atoms with Crippen LogP contribution in [0.15, 0.2) is 16.9 Å². The Morgan fingerprint density at radius 3 is 2.54 bits per heavy atom. The highest BCUT2D eigenvalue weighted by molar-refractivity contribution is 6.28. The molecule has 0 aromatic carbocycles. The average Bonchev–Trinajstić information content (AvgIpc) is 3.47. The van der Waals surface area contributed by atoms with Crippen molar-refractivity contribution in [3.63, 3.8) is 0 Å². The Morgan fingerprint density at radius 2 is 2.00 bits per heavy atom. The molecule has 3 aromatic rings. The number of halogens is 1. The van der Waals surface area contributed by atoms with Gasteiger partial charge in [0.15, 0.2) is 29.3 Å². The monoisotopic (exact) mass is 566 g/mol. The lowest BCUT2D eigenvalue weighted by molar-refractivity contribution is -0.195. The minimum absolute atomic E-state index is 0.0201. The van der Waals surface area contributed by atoms with Crippen LogP contribution in [0, 0.1) is 19.3 Å². The van der Waals surface area contributed by atoms with Crippen LogP contribution < -0.4 is 5.32 Å². The van der Waals surface area contributed by atoms with E-state index in [9.17, 15) is 30.0 Å². The summed E-state index contributed by atoms with van der Waals surface area (Å²) in [6.07, 6.45) is 1.59. The first-order valence-corrected chi connectivity index (χ1v) is 11.9. The van der Waals surface area contributed by atoms with Crippen LogP contribution in [0.25, 0.3) is 11.2 Å². The molecule has 0 aliphatic carbocycles. The van der Waals surface area contributed by atoms with Crippen LogP contribution in [0.4, 0.5) is 5.82 Å². The van der Waals surface area contributed by atoms with Gasteiger partial charge in [-0.2, -0.15) is 9.97 Å². The zero-order valence-corrected chi connectivity index (χ0v) is 21.9. The van der Waals surface area contributed by atoms with E-state index in [1.165, 1.54) is 17.0 Å². The van der Waals surface area contributed by atoms with Crippen molar-refractivity contribution >= 4 is 40.5 Å². The predicted octanol–water partition coefficient (Wildman–Crippen LogP) is 0.634. The number of rotatable bonds is 14. The van der Waals surface area contributed by atoms with Gasteiger partial charge >= 0.3 is 11.9 Å². The third-order valence-corrected chi connectivity index (χ3v) is 5.55. The maximum atomic E-state index is 12.0. The third kappa shape index (κ3) is 6.61. The van der Waals surface area contributed by atoms with Crippen LogP contribution in [-0.2, 0) is 25.5 Å². The van der Waals surface area contributed by atoms with Crippen LogP contribution in [-0.4, -0.2) is 94.1 Å². The van der Waals surface area contributed by atoms with Crippen molar-refractivity contribution in [2.45, 2.75) is 57.3 Å². The van der Waals surface area contributed by atoms with Gasteiger partial charge in [-0.15, -0.1) is 6.42 Å². The number of terminal acetylenes is 1. The molecule has 39 heavy (non-hydrogen) atoms. The number of aryl methyl sites for hydroxylation is 1. The molecule has 0 fully saturated rings. The number of imidazole rings is 1. The fourth-order valence-corrected chi connectivity index (χ4v) is 3.73. The molecule has 3 heterocycles. The van der Waals surface area contributed by atoms with Crippen molar-refractivity contribution in [2.24, 2.45) is 0 Å². The van der Waals surface area contributed by atoms with E-state index in [0.717, 1.165) is 0 Å². The lowest BCUT2D eigenvalue weighted by Gasteiger charge is -2.29. The number of carboxylic acids is 2. The topological polar surface area (TPSA) is 215 Å². The van der Waals surface area contributed by atoms with Crippen molar-refractivity contribution < 1.29 is 44.0 Å². The largest absolute Gasteiger partial charge is 0.479 e. The van der Waals surface area contributed by atoms with E-state index in [-0.39, 0.29) is 28.2 Å². The molecular formula is C23H27ClN6O9. The minimum atomic E-state index is -2.79. The fourth-order valence-electron chi connectivity index (χ4n) is 3.57. The van der Waals surface area contributed by atoms with E-state index in [1.807, 2.05) is 13.8 Å². The highest BCUT2D eigenvalue weighted by atomic mass is 35.5. The molecule has 16 heteroatoms. The van der Waals surface area contributed by atoms with Crippen molar-refractivity contribution in [3.05, 3.63) is 29.1 Å². The summed E-state index contributed by atoms with van der Waals surface area (Å²) in [6, 6.07) is 1.33. The van der Waals surface area contributed by atoms with Crippen LogP contribution in [0.1, 0.15) is 31.5 Å². The number of aromatic nitrogens is 5. The summed E-state index contributed by atoms with van der Waals surface area (Å²) in [5, 5.41) is 46.6. The van der Waals surface area contributed by atoms with Crippen molar-refractivity contribution in [1.29, 1.82) is 0 Å². The first kappa shape index (κ1) is 29.7. The van der Waals surface area contributed by atoms with Crippen molar-refractivity contribution in [2.75, 3.05) is 18.5 Å². The number of hydrogen-bond acceptors (Lipinski definition) is 12. The number of nitrogens with zero attached hydrogens (tertiary/aromatic N) is 5. The second-order valence-electron chi connectivity index (χ2n) is 8.76. The van der Waals surface area contributed by atoms with Gasteiger partial charge in [0.1, 0.15) is 11.9 Å². The van der Waals surface area contributed by atoms with Gasteiger partial charge in [0.05, 0.1) is 25.2 Å². The van der Waals surface area contributed by atoms with Crippen molar-refractivity contribution in [3.8, 4) is 12.3 Å². The number of carboxylic acid groups (broad SMARTS) is 2. The number of ether oxygens (including phenoxy) is 2. The first-order chi connectivity index (χ1) is 18.4. The van der Waals surface area contributed by atoms with Gasteiger partial charge in [0, 0.05) is 18.5 Å². The second kappa shape index (κ2) is 12.4. The number of carbonyl (C=O) groups is 2. The molecule has 0 saturated heterocycles. The Kier molecular flexibility index (Phi) is 9.43. The molecular weight excluding hydrogens is 540 g/mol. The third-order valence-electron chi connectivity index (χ3n) is 5.38. The number of aliphatic carboxylic acids is 2. The van der Waals surface area contributed by atoms with Gasteiger partial charge in [0.25, 0.3) is 5.60 Å². The minimum Gasteiger partial charge on any atom is -0.479 e. The van der Waals surface area contributed by atoms with Crippen LogP contribution in [0.3, 0.4) is 0 Å². The summed E-state index contributed by atoms with van der Waals surface area (Å²) in [5.41, 5.74) is -2.37. The van der Waals surface area contributed by atoms with E-state index in [2.05, 4.69) is 31.3 Å². The quantitative estimate of drug-likeness (QED) is 0.103. The molecule has 0 bridgehead atoms. The van der Waals surface area contributed by atoms with Gasteiger partial charge in [-0.05, 0) is 32.4 Å². The van der Waals surface area contributed by atoms with Gasteiger partial charge in [-0.1, -0.05) is 11.1 Å². The molecule has 3 atom stereocenters.